The maximum absolute atomic E-state index is 12.3. The number of benzene rings is 3. The Labute approximate surface area is 190 Å². The monoisotopic (exact) mass is 453 g/mol. The third-order valence-electron chi connectivity index (χ3n) is 4.99. The van der Waals surface area contributed by atoms with Crippen molar-refractivity contribution in [3.8, 4) is 0 Å². The summed E-state index contributed by atoms with van der Waals surface area (Å²) < 4.78 is 25.9. The smallest absolute Gasteiger partial charge is 0.242 e. The maximum atomic E-state index is 12.3. The molecule has 3 aromatic carbocycles. The van der Waals surface area contributed by atoms with Gasteiger partial charge in [-0.1, -0.05) is 66.7 Å². The van der Waals surface area contributed by atoms with Gasteiger partial charge in [-0.05, 0) is 48.0 Å². The summed E-state index contributed by atoms with van der Waals surface area (Å²) in [6, 6.07) is 27.5. The lowest BCUT2D eigenvalue weighted by atomic mass is 9.88. The number of rotatable bonds is 8. The van der Waals surface area contributed by atoms with Crippen LogP contribution in [0.2, 0.25) is 0 Å². The molecule has 2 N–H and O–H groups in total. The van der Waals surface area contributed by atoms with Crippen LogP contribution in [-0.4, -0.2) is 38.5 Å². The highest BCUT2D eigenvalue weighted by Gasteiger charge is 2.17. The first-order chi connectivity index (χ1) is 14.9. The van der Waals surface area contributed by atoms with Crippen LogP contribution in [-0.2, 0) is 10.0 Å². The van der Waals surface area contributed by atoms with Gasteiger partial charge in [-0.15, -0.1) is 0 Å². The van der Waals surface area contributed by atoms with E-state index in [0.29, 0.717) is 17.3 Å². The highest BCUT2D eigenvalue weighted by atomic mass is 32.2. The Morgan fingerprint density at radius 3 is 2.03 bits per heavy atom. The molecule has 0 saturated heterocycles. The van der Waals surface area contributed by atoms with Gasteiger partial charge >= 0.3 is 0 Å². The minimum atomic E-state index is -3.50. The zero-order valence-electron chi connectivity index (χ0n) is 17.7. The van der Waals surface area contributed by atoms with Crippen LogP contribution in [0.25, 0.3) is 0 Å². The van der Waals surface area contributed by atoms with Crippen molar-refractivity contribution < 1.29 is 8.42 Å². The zero-order valence-corrected chi connectivity index (χ0v) is 19.3. The van der Waals surface area contributed by atoms with Gasteiger partial charge in [0.1, 0.15) is 0 Å². The lowest BCUT2D eigenvalue weighted by Gasteiger charge is -2.19. The van der Waals surface area contributed by atoms with Crippen molar-refractivity contribution in [3.63, 3.8) is 0 Å². The van der Waals surface area contributed by atoms with E-state index in [0.717, 1.165) is 6.42 Å². The number of thiocarbonyl (C=S) groups is 1. The molecule has 0 aliphatic rings. The van der Waals surface area contributed by atoms with E-state index in [1.807, 2.05) is 12.1 Å². The van der Waals surface area contributed by atoms with E-state index in [9.17, 15) is 8.42 Å². The van der Waals surface area contributed by atoms with Crippen LogP contribution in [0.15, 0.2) is 89.8 Å². The van der Waals surface area contributed by atoms with E-state index in [1.165, 1.54) is 29.5 Å². The largest absolute Gasteiger partial charge is 0.362 e. The summed E-state index contributed by atoms with van der Waals surface area (Å²) >= 11 is 5.43. The van der Waals surface area contributed by atoms with Crippen LogP contribution in [0.5, 0.6) is 0 Å². The van der Waals surface area contributed by atoms with Gasteiger partial charge in [-0.25, -0.2) is 12.7 Å². The number of hydrogen-bond donors (Lipinski definition) is 2. The predicted molar refractivity (Wildman–Crippen MR) is 131 cm³/mol. The molecule has 3 rings (SSSR count). The first-order valence-corrected chi connectivity index (χ1v) is 11.9. The molecule has 0 heterocycles. The zero-order chi connectivity index (χ0) is 22.3. The maximum Gasteiger partial charge on any atom is 0.242 e. The van der Waals surface area contributed by atoms with Crippen molar-refractivity contribution in [2.75, 3.05) is 26.0 Å². The summed E-state index contributed by atoms with van der Waals surface area (Å²) in [7, 11) is -0.472. The topological polar surface area (TPSA) is 61.4 Å². The molecule has 0 atom stereocenters. The van der Waals surface area contributed by atoms with Crippen molar-refractivity contribution in [3.05, 3.63) is 96.1 Å². The summed E-state index contributed by atoms with van der Waals surface area (Å²) in [4.78, 5) is 0.221. The third kappa shape index (κ3) is 6.13. The first-order valence-electron chi connectivity index (χ1n) is 10.1. The normalized spacial score (nSPS) is 11.5. The molecule has 0 unspecified atom stereocenters. The van der Waals surface area contributed by atoms with Crippen molar-refractivity contribution in [1.29, 1.82) is 0 Å². The van der Waals surface area contributed by atoms with Gasteiger partial charge in [0.15, 0.2) is 5.11 Å². The van der Waals surface area contributed by atoms with Crippen molar-refractivity contribution in [2.24, 2.45) is 0 Å². The lowest BCUT2D eigenvalue weighted by Crippen LogP contribution is -2.30. The summed E-state index contributed by atoms with van der Waals surface area (Å²) in [5.41, 5.74) is 3.15. The number of nitrogens with zero attached hydrogens (tertiary/aromatic N) is 1. The number of anilines is 1. The minimum Gasteiger partial charge on any atom is -0.362 e. The second-order valence-electron chi connectivity index (χ2n) is 7.36. The van der Waals surface area contributed by atoms with Crippen LogP contribution in [0.4, 0.5) is 5.69 Å². The Kier molecular flexibility index (Phi) is 7.79. The van der Waals surface area contributed by atoms with Crippen molar-refractivity contribution in [2.45, 2.75) is 17.2 Å². The van der Waals surface area contributed by atoms with E-state index in [1.54, 1.807) is 24.3 Å². The van der Waals surface area contributed by atoms with Crippen LogP contribution >= 0.6 is 12.2 Å². The molecule has 0 spiro atoms. The average Bonchev–Trinajstić information content (AvgIpc) is 2.78. The van der Waals surface area contributed by atoms with Crippen LogP contribution in [0.1, 0.15) is 23.5 Å². The molecule has 0 bridgehead atoms. The summed E-state index contributed by atoms with van der Waals surface area (Å²) in [5.74, 6) is 0.256. The Bertz CT molecular complexity index is 1060. The number of hydrogen-bond acceptors (Lipinski definition) is 3. The molecule has 7 heteroatoms. The van der Waals surface area contributed by atoms with Crippen molar-refractivity contribution in [1.82, 2.24) is 9.62 Å². The standard InChI is InChI=1S/C24H27N3O2S2/c1-27(2)31(28,29)22-15-9-14-21(18-22)26-24(30)25-17-16-23(19-10-5-3-6-11-19)20-12-7-4-8-13-20/h3-15,18,23H,16-17H2,1-2H3,(H2,25,26,30). The summed E-state index contributed by atoms with van der Waals surface area (Å²) in [5, 5.41) is 6.78. The molecule has 0 fully saturated rings. The Morgan fingerprint density at radius 1 is 0.903 bits per heavy atom. The van der Waals surface area contributed by atoms with Crippen LogP contribution < -0.4 is 10.6 Å². The van der Waals surface area contributed by atoms with Gasteiger partial charge in [0.25, 0.3) is 0 Å². The first kappa shape index (κ1) is 22.9. The summed E-state index contributed by atoms with van der Waals surface area (Å²) in [6.45, 7) is 0.677. The van der Waals surface area contributed by atoms with Gasteiger partial charge in [-0.3, -0.25) is 0 Å². The SMILES string of the molecule is CN(C)S(=O)(=O)c1cccc(NC(=S)NCCC(c2ccccc2)c2ccccc2)c1. The summed E-state index contributed by atoms with van der Waals surface area (Å²) in [6.07, 6.45) is 0.866. The van der Waals surface area contributed by atoms with E-state index in [4.69, 9.17) is 12.2 Å². The second kappa shape index (κ2) is 10.5. The van der Waals surface area contributed by atoms with E-state index in [2.05, 4.69) is 59.2 Å². The third-order valence-corrected chi connectivity index (χ3v) is 7.05. The second-order valence-corrected chi connectivity index (χ2v) is 9.92. The molecule has 5 nitrogen and oxygen atoms in total. The molecule has 0 saturated carbocycles. The van der Waals surface area contributed by atoms with Gasteiger partial charge < -0.3 is 10.6 Å². The highest BCUT2D eigenvalue weighted by molar-refractivity contribution is 7.89. The molecule has 31 heavy (non-hydrogen) atoms. The molecule has 3 aromatic rings. The highest BCUT2D eigenvalue weighted by Crippen LogP contribution is 2.27. The van der Waals surface area contributed by atoms with Crippen LogP contribution in [0, 0.1) is 0 Å². The molecular formula is C24H27N3O2S2. The number of sulfonamides is 1. The van der Waals surface area contributed by atoms with E-state index < -0.39 is 10.0 Å². The fourth-order valence-electron chi connectivity index (χ4n) is 3.35. The Hall–Kier alpha value is -2.74. The average molecular weight is 454 g/mol. The van der Waals surface area contributed by atoms with Gasteiger partial charge in [-0.2, -0.15) is 0 Å². The minimum absolute atomic E-state index is 0.221. The molecule has 0 aliphatic heterocycles. The Morgan fingerprint density at radius 2 is 1.48 bits per heavy atom. The fourth-order valence-corrected chi connectivity index (χ4v) is 4.51. The number of nitrogens with one attached hydrogen (secondary N) is 2. The predicted octanol–water partition coefficient (Wildman–Crippen LogP) is 4.45. The van der Waals surface area contributed by atoms with E-state index in [-0.39, 0.29) is 10.8 Å². The molecule has 162 valence electrons. The lowest BCUT2D eigenvalue weighted by molar-refractivity contribution is 0.521. The van der Waals surface area contributed by atoms with Crippen LogP contribution in [0.3, 0.4) is 0 Å². The molecule has 0 aromatic heterocycles. The van der Waals surface area contributed by atoms with E-state index >= 15 is 0 Å². The molecular weight excluding hydrogens is 426 g/mol. The van der Waals surface area contributed by atoms with Gasteiger partial charge in [0.2, 0.25) is 10.0 Å². The molecule has 0 aliphatic carbocycles. The molecule has 0 amide bonds. The quantitative estimate of drug-likeness (QED) is 0.494. The Balaban J connectivity index is 1.63. The fraction of sp³-hybridized carbons (Fsp3) is 0.208. The van der Waals surface area contributed by atoms with Crippen molar-refractivity contribution >= 4 is 33.0 Å². The molecule has 0 radical (unpaired) electrons. The van der Waals surface area contributed by atoms with Gasteiger partial charge in [0.05, 0.1) is 4.90 Å². The van der Waals surface area contributed by atoms with Gasteiger partial charge in [0, 0.05) is 32.2 Å².